The molecule has 0 amide bonds. The molecule has 2 aromatic rings. The summed E-state index contributed by atoms with van der Waals surface area (Å²) < 4.78 is 6.94. The molecule has 0 fully saturated rings. The number of anilines is 1. The predicted octanol–water partition coefficient (Wildman–Crippen LogP) is 1.99. The number of nitrogens with two attached hydrogens (primary N) is 1. The van der Waals surface area contributed by atoms with E-state index >= 15 is 0 Å². The molecule has 0 bridgehead atoms. The van der Waals surface area contributed by atoms with Crippen LogP contribution in [0.2, 0.25) is 0 Å². The monoisotopic (exact) mass is 288 g/mol. The summed E-state index contributed by atoms with van der Waals surface area (Å²) in [6, 6.07) is 1.45. The summed E-state index contributed by atoms with van der Waals surface area (Å²) in [4.78, 5) is 11.6. The summed E-state index contributed by atoms with van der Waals surface area (Å²) >= 11 is 4.70. The van der Waals surface area contributed by atoms with E-state index < -0.39 is 0 Å². The molecule has 0 atom stereocenters. The van der Waals surface area contributed by atoms with Gasteiger partial charge in [-0.3, -0.25) is 4.79 Å². The van der Waals surface area contributed by atoms with Crippen LogP contribution in [0.5, 0.6) is 0 Å². The van der Waals surface area contributed by atoms with Gasteiger partial charge in [-0.15, -0.1) is 11.3 Å². The smallest absolute Gasteiger partial charge is 0.204 e. The summed E-state index contributed by atoms with van der Waals surface area (Å²) in [6.07, 6.45) is 0. The highest BCUT2D eigenvalue weighted by atomic mass is 79.9. The molecule has 0 saturated carbocycles. The summed E-state index contributed by atoms with van der Waals surface area (Å²) in [5, 5.41) is 4.77. The van der Waals surface area contributed by atoms with Crippen LogP contribution in [0.3, 0.4) is 0 Å². The van der Waals surface area contributed by atoms with E-state index in [1.165, 1.54) is 17.4 Å². The third kappa shape index (κ3) is 2.06. The van der Waals surface area contributed by atoms with Gasteiger partial charge >= 0.3 is 0 Å². The molecule has 0 aliphatic rings. The molecule has 6 heteroatoms. The lowest BCUT2D eigenvalue weighted by atomic mass is 10.4. The lowest BCUT2D eigenvalue weighted by Gasteiger charge is -2.02. The van der Waals surface area contributed by atoms with Gasteiger partial charge in [-0.25, -0.2) is 0 Å². The Kier molecular flexibility index (Phi) is 3.08. The lowest BCUT2D eigenvalue weighted by Crippen LogP contribution is -2.14. The predicted molar refractivity (Wildman–Crippen MR) is 65.6 cm³/mol. The van der Waals surface area contributed by atoms with Gasteiger partial charge in [0.2, 0.25) is 5.43 Å². The van der Waals surface area contributed by atoms with Gasteiger partial charge < -0.3 is 15.5 Å². The minimum Gasteiger partial charge on any atom is -0.438 e. The molecule has 0 saturated heterocycles. The molecule has 2 heterocycles. The maximum absolute atomic E-state index is 11.6. The third-order valence-corrected chi connectivity index (χ3v) is 3.71. The molecule has 2 aromatic heterocycles. The van der Waals surface area contributed by atoms with Crippen LogP contribution >= 0.6 is 27.3 Å². The molecule has 15 heavy (non-hydrogen) atoms. The Morgan fingerprint density at radius 1 is 1.60 bits per heavy atom. The highest BCUT2D eigenvalue weighted by molar-refractivity contribution is 9.10. The molecule has 0 aromatic carbocycles. The molecular weight excluding hydrogens is 280 g/mol. The van der Waals surface area contributed by atoms with E-state index in [2.05, 4.69) is 21.2 Å². The van der Waals surface area contributed by atoms with E-state index in [-0.39, 0.29) is 5.43 Å². The van der Waals surface area contributed by atoms with Crippen molar-refractivity contribution >= 4 is 43.4 Å². The zero-order valence-electron chi connectivity index (χ0n) is 7.75. The number of rotatable bonds is 3. The van der Waals surface area contributed by atoms with Gasteiger partial charge in [0.1, 0.15) is 4.70 Å². The van der Waals surface area contributed by atoms with Crippen LogP contribution in [0, 0.1) is 0 Å². The van der Waals surface area contributed by atoms with Crippen LogP contribution in [-0.4, -0.2) is 13.1 Å². The fraction of sp³-hybridized carbons (Fsp3) is 0.222. The van der Waals surface area contributed by atoms with Crippen LogP contribution in [0.1, 0.15) is 0 Å². The van der Waals surface area contributed by atoms with Gasteiger partial charge in [-0.1, -0.05) is 0 Å². The number of hydrogen-bond donors (Lipinski definition) is 2. The highest BCUT2D eigenvalue weighted by Crippen LogP contribution is 2.29. The summed E-state index contributed by atoms with van der Waals surface area (Å²) in [5.74, 6) is 0.456. The van der Waals surface area contributed by atoms with E-state index in [1.54, 1.807) is 0 Å². The van der Waals surface area contributed by atoms with E-state index in [4.69, 9.17) is 10.2 Å². The topological polar surface area (TPSA) is 68.3 Å². The van der Waals surface area contributed by atoms with Crippen LogP contribution in [0.15, 0.2) is 25.1 Å². The minimum absolute atomic E-state index is 0.0357. The van der Waals surface area contributed by atoms with E-state index in [9.17, 15) is 4.79 Å². The number of halogens is 1. The second-order valence-electron chi connectivity index (χ2n) is 2.93. The Labute approximate surface area is 98.2 Å². The average Bonchev–Trinajstić information content (AvgIpc) is 2.58. The number of hydrogen-bond acceptors (Lipinski definition) is 5. The molecule has 0 spiro atoms. The quantitative estimate of drug-likeness (QED) is 0.906. The Bertz CT molecular complexity index is 534. The van der Waals surface area contributed by atoms with Crippen molar-refractivity contribution in [2.24, 2.45) is 5.73 Å². The number of fused-ring (bicyclic) bond motifs is 1. The first-order valence-electron chi connectivity index (χ1n) is 4.37. The molecule has 80 valence electrons. The van der Waals surface area contributed by atoms with Crippen molar-refractivity contribution in [3.63, 3.8) is 0 Å². The normalized spacial score (nSPS) is 10.8. The van der Waals surface area contributed by atoms with E-state index in [1.807, 2.05) is 5.38 Å². The van der Waals surface area contributed by atoms with Crippen LogP contribution < -0.4 is 16.5 Å². The number of nitrogens with one attached hydrogen (secondary N) is 1. The zero-order valence-corrected chi connectivity index (χ0v) is 10.2. The second kappa shape index (κ2) is 4.34. The van der Waals surface area contributed by atoms with Gasteiger partial charge in [0.25, 0.3) is 0 Å². The van der Waals surface area contributed by atoms with Crippen molar-refractivity contribution in [2.45, 2.75) is 0 Å². The molecule has 0 aliphatic heterocycles. The average molecular weight is 289 g/mol. The first-order valence-corrected chi connectivity index (χ1v) is 6.04. The Balaban J connectivity index is 2.50. The lowest BCUT2D eigenvalue weighted by molar-refractivity contribution is 0.614. The summed E-state index contributed by atoms with van der Waals surface area (Å²) in [7, 11) is 0. The van der Waals surface area contributed by atoms with Crippen molar-refractivity contribution in [3.05, 3.63) is 26.1 Å². The van der Waals surface area contributed by atoms with Crippen molar-refractivity contribution in [2.75, 3.05) is 18.4 Å². The Morgan fingerprint density at radius 2 is 2.40 bits per heavy atom. The van der Waals surface area contributed by atoms with Crippen LogP contribution in [-0.2, 0) is 0 Å². The van der Waals surface area contributed by atoms with Crippen molar-refractivity contribution in [1.29, 1.82) is 0 Å². The van der Waals surface area contributed by atoms with Gasteiger partial charge in [0.05, 0.1) is 4.47 Å². The summed E-state index contributed by atoms with van der Waals surface area (Å²) in [6.45, 7) is 1.07. The molecule has 0 unspecified atom stereocenters. The fourth-order valence-corrected chi connectivity index (χ4v) is 2.65. The molecule has 0 aliphatic carbocycles. The third-order valence-electron chi connectivity index (χ3n) is 1.84. The maximum Gasteiger partial charge on any atom is 0.204 e. The molecule has 0 radical (unpaired) electrons. The van der Waals surface area contributed by atoms with Crippen LogP contribution in [0.4, 0.5) is 5.88 Å². The summed E-state index contributed by atoms with van der Waals surface area (Å²) in [5.41, 5.74) is 5.90. The fourth-order valence-electron chi connectivity index (χ4n) is 1.20. The van der Waals surface area contributed by atoms with Gasteiger partial charge in [0.15, 0.2) is 11.5 Å². The zero-order chi connectivity index (χ0) is 10.8. The Hall–Kier alpha value is -0.850. The molecular formula is C9H9BrN2O2S. The van der Waals surface area contributed by atoms with Crippen molar-refractivity contribution in [1.82, 2.24) is 0 Å². The minimum atomic E-state index is -0.0357. The van der Waals surface area contributed by atoms with Crippen molar-refractivity contribution in [3.8, 4) is 0 Å². The van der Waals surface area contributed by atoms with Gasteiger partial charge in [-0.2, -0.15) is 0 Å². The van der Waals surface area contributed by atoms with Gasteiger partial charge in [-0.05, 0) is 15.9 Å². The first-order chi connectivity index (χ1) is 7.22. The number of thiophene rings is 1. The van der Waals surface area contributed by atoms with Crippen molar-refractivity contribution < 1.29 is 4.42 Å². The SMILES string of the molecule is NCCNc1cc(=O)c2scc(Br)c2o1. The Morgan fingerprint density at radius 3 is 3.13 bits per heavy atom. The second-order valence-corrected chi connectivity index (χ2v) is 4.67. The first kappa shape index (κ1) is 10.7. The van der Waals surface area contributed by atoms with E-state index in [0.29, 0.717) is 29.3 Å². The van der Waals surface area contributed by atoms with Gasteiger partial charge in [0, 0.05) is 24.5 Å². The highest BCUT2D eigenvalue weighted by Gasteiger charge is 2.09. The molecule has 2 rings (SSSR count). The largest absolute Gasteiger partial charge is 0.438 e. The molecule has 4 nitrogen and oxygen atoms in total. The molecule has 3 N–H and O–H groups in total. The van der Waals surface area contributed by atoms with Crippen LogP contribution in [0.25, 0.3) is 10.3 Å². The maximum atomic E-state index is 11.6. The standard InChI is InChI=1S/C9H9BrN2O2S/c10-5-4-15-9-6(13)3-7(12-2-1-11)14-8(5)9/h3-4,12H,1-2,11H2. The van der Waals surface area contributed by atoms with E-state index in [0.717, 1.165) is 4.47 Å².